The van der Waals surface area contributed by atoms with E-state index in [4.69, 9.17) is 4.74 Å². The molecule has 1 atom stereocenters. The lowest BCUT2D eigenvalue weighted by atomic mass is 10.1. The van der Waals surface area contributed by atoms with Crippen LogP contribution in [0, 0.1) is 0 Å². The van der Waals surface area contributed by atoms with E-state index in [-0.39, 0.29) is 6.10 Å². The largest absolute Gasteiger partial charge is 0.489 e. The molecule has 3 rings (SSSR count). The average Bonchev–Trinajstić information content (AvgIpc) is 2.90. The van der Waals surface area contributed by atoms with Gasteiger partial charge in [-0.3, -0.25) is 9.97 Å². The molecule has 6 nitrogen and oxygen atoms in total. The molecule has 1 N–H and O–H groups in total. The van der Waals surface area contributed by atoms with Gasteiger partial charge in [0.25, 0.3) is 0 Å². The fourth-order valence-electron chi connectivity index (χ4n) is 2.16. The van der Waals surface area contributed by atoms with Gasteiger partial charge in [-0.25, -0.2) is 4.52 Å². The molecule has 0 fully saturated rings. The van der Waals surface area contributed by atoms with Crippen LogP contribution in [-0.4, -0.2) is 30.8 Å². The van der Waals surface area contributed by atoms with Crippen molar-refractivity contribution in [2.45, 2.75) is 26.1 Å². The van der Waals surface area contributed by atoms with Crippen molar-refractivity contribution in [1.82, 2.24) is 19.6 Å². The van der Waals surface area contributed by atoms with Gasteiger partial charge >= 0.3 is 0 Å². The van der Waals surface area contributed by atoms with Crippen LogP contribution in [0.1, 0.15) is 31.1 Å². The summed E-state index contributed by atoms with van der Waals surface area (Å²) in [6, 6.07) is 1.79. The van der Waals surface area contributed by atoms with Crippen molar-refractivity contribution in [3.63, 3.8) is 0 Å². The van der Waals surface area contributed by atoms with Crippen LogP contribution < -0.4 is 4.74 Å². The van der Waals surface area contributed by atoms with Gasteiger partial charge in [-0.2, -0.15) is 5.10 Å². The molecule has 0 saturated heterocycles. The normalized spacial score (nSPS) is 12.8. The first-order valence-electron chi connectivity index (χ1n) is 6.72. The van der Waals surface area contributed by atoms with E-state index >= 15 is 0 Å². The van der Waals surface area contributed by atoms with Crippen molar-refractivity contribution in [2.24, 2.45) is 0 Å². The molecule has 0 bridgehead atoms. The molecule has 0 amide bonds. The molecule has 3 heterocycles. The lowest BCUT2D eigenvalue weighted by Crippen LogP contribution is -2.07. The summed E-state index contributed by atoms with van der Waals surface area (Å²) in [5.74, 6) is 0.635. The van der Waals surface area contributed by atoms with Crippen LogP contribution in [0.4, 0.5) is 0 Å². The van der Waals surface area contributed by atoms with Crippen LogP contribution in [0.3, 0.4) is 0 Å². The number of fused-ring (bicyclic) bond motifs is 1. The second kappa shape index (κ2) is 5.49. The summed E-state index contributed by atoms with van der Waals surface area (Å²) < 4.78 is 7.28. The number of hydrogen-bond acceptors (Lipinski definition) is 5. The highest BCUT2D eigenvalue weighted by atomic mass is 16.5. The van der Waals surface area contributed by atoms with Crippen molar-refractivity contribution in [2.75, 3.05) is 0 Å². The van der Waals surface area contributed by atoms with Crippen LogP contribution in [0.15, 0.2) is 43.2 Å². The van der Waals surface area contributed by atoms with Gasteiger partial charge in [0.15, 0.2) is 0 Å². The Morgan fingerprint density at radius 1 is 1.14 bits per heavy atom. The molecule has 108 valence electrons. The first-order valence-corrected chi connectivity index (χ1v) is 6.72. The number of rotatable bonds is 4. The number of ether oxygens (including phenoxy) is 1. The zero-order chi connectivity index (χ0) is 14.8. The highest BCUT2D eigenvalue weighted by Crippen LogP contribution is 2.27. The summed E-state index contributed by atoms with van der Waals surface area (Å²) in [6.45, 7) is 3.89. The van der Waals surface area contributed by atoms with E-state index in [9.17, 15) is 5.11 Å². The third kappa shape index (κ3) is 2.71. The molecule has 3 aromatic rings. The van der Waals surface area contributed by atoms with Crippen LogP contribution >= 0.6 is 0 Å². The summed E-state index contributed by atoms with van der Waals surface area (Å²) in [7, 11) is 0. The SMILES string of the molecule is CC(C)Oc1cncc(C(O)c2cnn3ccncc23)c1. The minimum absolute atomic E-state index is 0.0559. The Labute approximate surface area is 122 Å². The Morgan fingerprint density at radius 3 is 2.81 bits per heavy atom. The van der Waals surface area contributed by atoms with Gasteiger partial charge in [-0.05, 0) is 19.9 Å². The summed E-state index contributed by atoms with van der Waals surface area (Å²) in [4.78, 5) is 8.19. The van der Waals surface area contributed by atoms with Gasteiger partial charge in [0.05, 0.1) is 30.2 Å². The van der Waals surface area contributed by atoms with Crippen molar-refractivity contribution < 1.29 is 9.84 Å². The summed E-state index contributed by atoms with van der Waals surface area (Å²) in [5.41, 5.74) is 2.11. The van der Waals surface area contributed by atoms with Gasteiger partial charge in [-0.15, -0.1) is 0 Å². The smallest absolute Gasteiger partial charge is 0.138 e. The molecule has 0 saturated carbocycles. The predicted octanol–water partition coefficient (Wildman–Crippen LogP) is 1.99. The zero-order valence-electron chi connectivity index (χ0n) is 11.8. The first kappa shape index (κ1) is 13.5. The molecule has 21 heavy (non-hydrogen) atoms. The maximum Gasteiger partial charge on any atom is 0.138 e. The minimum atomic E-state index is -0.824. The lowest BCUT2D eigenvalue weighted by Gasteiger charge is -2.13. The second-order valence-electron chi connectivity index (χ2n) is 5.03. The van der Waals surface area contributed by atoms with Crippen molar-refractivity contribution in [1.29, 1.82) is 0 Å². The van der Waals surface area contributed by atoms with Crippen molar-refractivity contribution in [3.05, 3.63) is 54.4 Å². The number of aliphatic hydroxyl groups is 1. The van der Waals surface area contributed by atoms with E-state index < -0.39 is 6.10 Å². The molecule has 3 aromatic heterocycles. The Bertz CT molecular complexity index is 754. The van der Waals surface area contributed by atoms with Crippen LogP contribution in [0.2, 0.25) is 0 Å². The van der Waals surface area contributed by atoms with Crippen LogP contribution in [0.5, 0.6) is 5.75 Å². The topological polar surface area (TPSA) is 72.5 Å². The van der Waals surface area contributed by atoms with Gasteiger partial charge < -0.3 is 9.84 Å². The molecule has 0 aliphatic heterocycles. The van der Waals surface area contributed by atoms with Gasteiger partial charge in [0.1, 0.15) is 11.9 Å². The van der Waals surface area contributed by atoms with Gasteiger partial charge in [0.2, 0.25) is 0 Å². The molecule has 0 spiro atoms. The van der Waals surface area contributed by atoms with E-state index in [2.05, 4.69) is 15.1 Å². The number of aliphatic hydroxyl groups excluding tert-OH is 1. The summed E-state index contributed by atoms with van der Waals surface area (Å²) in [6.07, 6.45) is 9.18. The van der Waals surface area contributed by atoms with E-state index in [1.54, 1.807) is 47.8 Å². The maximum absolute atomic E-state index is 10.6. The lowest BCUT2D eigenvalue weighted by molar-refractivity contribution is 0.217. The molecule has 6 heteroatoms. The summed E-state index contributed by atoms with van der Waals surface area (Å²) >= 11 is 0. The fraction of sp³-hybridized carbons (Fsp3) is 0.267. The Kier molecular flexibility index (Phi) is 3.53. The fourth-order valence-corrected chi connectivity index (χ4v) is 2.16. The molecule has 1 unspecified atom stereocenters. The van der Waals surface area contributed by atoms with E-state index in [0.717, 1.165) is 5.52 Å². The van der Waals surface area contributed by atoms with Crippen molar-refractivity contribution in [3.8, 4) is 5.75 Å². The molecular formula is C15H16N4O2. The Balaban J connectivity index is 1.96. The first-order chi connectivity index (χ1) is 10.1. The van der Waals surface area contributed by atoms with E-state index in [1.165, 1.54) is 0 Å². The third-order valence-corrected chi connectivity index (χ3v) is 3.07. The van der Waals surface area contributed by atoms with Gasteiger partial charge in [-0.1, -0.05) is 0 Å². The van der Waals surface area contributed by atoms with Crippen molar-refractivity contribution >= 4 is 5.52 Å². The molecule has 0 aliphatic rings. The van der Waals surface area contributed by atoms with E-state index in [1.807, 2.05) is 13.8 Å². The maximum atomic E-state index is 10.6. The quantitative estimate of drug-likeness (QED) is 0.793. The van der Waals surface area contributed by atoms with Gasteiger partial charge in [0, 0.05) is 29.7 Å². The minimum Gasteiger partial charge on any atom is -0.489 e. The third-order valence-electron chi connectivity index (χ3n) is 3.07. The molecule has 0 aliphatic carbocycles. The molecular weight excluding hydrogens is 268 g/mol. The van der Waals surface area contributed by atoms with E-state index in [0.29, 0.717) is 16.9 Å². The number of pyridine rings is 1. The average molecular weight is 284 g/mol. The van der Waals surface area contributed by atoms with Crippen LogP contribution in [-0.2, 0) is 0 Å². The monoisotopic (exact) mass is 284 g/mol. The highest BCUT2D eigenvalue weighted by molar-refractivity contribution is 5.54. The molecule has 0 aromatic carbocycles. The summed E-state index contributed by atoms with van der Waals surface area (Å²) in [5, 5.41) is 14.8. The standard InChI is InChI=1S/C15H16N4O2/c1-10(2)21-12-5-11(6-17-7-12)15(20)13-8-18-19-4-3-16-9-14(13)19/h3-10,15,20H,1-2H3. The highest BCUT2D eigenvalue weighted by Gasteiger charge is 2.17. The molecule has 0 radical (unpaired) electrons. The Hall–Kier alpha value is -2.47. The number of aromatic nitrogens is 4. The zero-order valence-corrected chi connectivity index (χ0v) is 11.8. The Morgan fingerprint density at radius 2 is 2.00 bits per heavy atom. The predicted molar refractivity (Wildman–Crippen MR) is 77.0 cm³/mol. The number of hydrogen-bond donors (Lipinski definition) is 1. The number of nitrogens with zero attached hydrogens (tertiary/aromatic N) is 4. The van der Waals surface area contributed by atoms with Crippen LogP contribution in [0.25, 0.3) is 5.52 Å². The second-order valence-corrected chi connectivity index (χ2v) is 5.03.